The molecular formula is C11H15BrFNO2S. The quantitative estimate of drug-likeness (QED) is 0.866. The fourth-order valence-corrected chi connectivity index (χ4v) is 3.30. The Balaban J connectivity index is 3.18. The molecule has 0 bridgehead atoms. The molecule has 0 unspecified atom stereocenters. The highest BCUT2D eigenvalue weighted by Crippen LogP contribution is 2.19. The van der Waals surface area contributed by atoms with Crippen LogP contribution in [-0.4, -0.2) is 19.3 Å². The second kappa shape index (κ2) is 5.04. The molecule has 0 saturated carbocycles. The molecule has 0 saturated heterocycles. The van der Waals surface area contributed by atoms with Crippen LogP contribution in [-0.2, 0) is 10.0 Å². The molecule has 1 aromatic rings. The fourth-order valence-electron chi connectivity index (χ4n) is 1.31. The van der Waals surface area contributed by atoms with Gasteiger partial charge in [0.05, 0.1) is 4.90 Å². The highest BCUT2D eigenvalue weighted by molar-refractivity contribution is 9.09. The van der Waals surface area contributed by atoms with Crippen LogP contribution in [0.3, 0.4) is 0 Å². The molecule has 0 radical (unpaired) electrons. The highest BCUT2D eigenvalue weighted by atomic mass is 79.9. The van der Waals surface area contributed by atoms with E-state index in [1.165, 1.54) is 12.1 Å². The number of halogens is 2. The van der Waals surface area contributed by atoms with Crippen LogP contribution in [0, 0.1) is 12.7 Å². The Kier molecular flexibility index (Phi) is 4.33. The summed E-state index contributed by atoms with van der Waals surface area (Å²) in [6.07, 6.45) is 0. The lowest BCUT2D eigenvalue weighted by atomic mass is 10.1. The van der Waals surface area contributed by atoms with Crippen LogP contribution in [0.2, 0.25) is 0 Å². The van der Waals surface area contributed by atoms with Gasteiger partial charge < -0.3 is 0 Å². The van der Waals surface area contributed by atoms with Gasteiger partial charge in [-0.05, 0) is 38.5 Å². The van der Waals surface area contributed by atoms with Gasteiger partial charge in [0.25, 0.3) is 0 Å². The average Bonchev–Trinajstić information content (AvgIpc) is 2.20. The summed E-state index contributed by atoms with van der Waals surface area (Å²) >= 11 is 3.23. The first-order valence-corrected chi connectivity index (χ1v) is 7.64. The van der Waals surface area contributed by atoms with Gasteiger partial charge in [0.2, 0.25) is 10.0 Å². The second-order valence-electron chi connectivity index (χ2n) is 4.53. The van der Waals surface area contributed by atoms with Crippen molar-refractivity contribution in [2.75, 3.05) is 5.33 Å². The van der Waals surface area contributed by atoms with E-state index < -0.39 is 21.4 Å². The van der Waals surface area contributed by atoms with E-state index in [0.717, 1.165) is 6.07 Å². The molecule has 0 atom stereocenters. The average molecular weight is 324 g/mol. The number of benzene rings is 1. The van der Waals surface area contributed by atoms with Crippen LogP contribution in [0.5, 0.6) is 0 Å². The molecule has 0 aliphatic heterocycles. The van der Waals surface area contributed by atoms with E-state index in [-0.39, 0.29) is 4.90 Å². The summed E-state index contributed by atoms with van der Waals surface area (Å²) in [7, 11) is -3.70. The third-order valence-corrected chi connectivity index (χ3v) is 5.43. The fraction of sp³-hybridized carbons (Fsp3) is 0.455. The molecule has 0 aliphatic rings. The minimum Gasteiger partial charge on any atom is -0.207 e. The molecule has 0 amide bonds. The van der Waals surface area contributed by atoms with Crippen molar-refractivity contribution in [2.45, 2.75) is 31.2 Å². The van der Waals surface area contributed by atoms with E-state index in [4.69, 9.17) is 0 Å². The van der Waals surface area contributed by atoms with Crippen LogP contribution in [0.1, 0.15) is 19.4 Å². The molecule has 0 aromatic heterocycles. The van der Waals surface area contributed by atoms with Crippen molar-refractivity contribution >= 4 is 26.0 Å². The largest absolute Gasteiger partial charge is 0.241 e. The van der Waals surface area contributed by atoms with E-state index in [2.05, 4.69) is 20.7 Å². The minimum absolute atomic E-state index is 0.0217. The maximum Gasteiger partial charge on any atom is 0.241 e. The van der Waals surface area contributed by atoms with Crippen molar-refractivity contribution in [1.82, 2.24) is 4.72 Å². The molecule has 1 rings (SSSR count). The zero-order chi connectivity index (χ0) is 13.3. The van der Waals surface area contributed by atoms with Gasteiger partial charge in [-0.1, -0.05) is 22.0 Å². The summed E-state index contributed by atoms with van der Waals surface area (Å²) < 4.78 is 39.8. The summed E-state index contributed by atoms with van der Waals surface area (Å²) in [4.78, 5) is -0.0217. The van der Waals surface area contributed by atoms with Gasteiger partial charge >= 0.3 is 0 Å². The Morgan fingerprint density at radius 1 is 1.41 bits per heavy atom. The third-order valence-electron chi connectivity index (χ3n) is 2.18. The van der Waals surface area contributed by atoms with E-state index in [0.29, 0.717) is 10.9 Å². The van der Waals surface area contributed by atoms with E-state index in [9.17, 15) is 12.8 Å². The number of rotatable bonds is 4. The molecule has 0 aliphatic carbocycles. The van der Waals surface area contributed by atoms with Crippen LogP contribution >= 0.6 is 15.9 Å². The first-order chi connectivity index (χ1) is 7.68. The van der Waals surface area contributed by atoms with Crippen molar-refractivity contribution in [1.29, 1.82) is 0 Å². The Hall–Kier alpha value is -0.460. The van der Waals surface area contributed by atoms with Crippen molar-refractivity contribution in [3.63, 3.8) is 0 Å². The lowest BCUT2D eigenvalue weighted by molar-refractivity contribution is 0.499. The van der Waals surface area contributed by atoms with Crippen molar-refractivity contribution in [2.24, 2.45) is 0 Å². The predicted octanol–water partition coefficient (Wildman–Crippen LogP) is 2.59. The number of sulfonamides is 1. The van der Waals surface area contributed by atoms with Crippen molar-refractivity contribution in [3.05, 3.63) is 29.6 Å². The molecule has 1 N–H and O–H groups in total. The summed E-state index contributed by atoms with van der Waals surface area (Å²) in [6, 6.07) is 3.72. The van der Waals surface area contributed by atoms with Gasteiger partial charge in [-0.3, -0.25) is 0 Å². The minimum atomic E-state index is -3.70. The SMILES string of the molecule is Cc1ccc(F)cc1S(=O)(=O)NC(C)(C)CBr. The smallest absolute Gasteiger partial charge is 0.207 e. The standard InChI is InChI=1S/C11H15BrFNO2S/c1-8-4-5-9(13)6-10(8)17(15,16)14-11(2,3)7-12/h4-6,14H,7H2,1-3H3. The molecule has 0 spiro atoms. The van der Waals surface area contributed by atoms with Crippen molar-refractivity contribution < 1.29 is 12.8 Å². The van der Waals surface area contributed by atoms with Crippen molar-refractivity contribution in [3.8, 4) is 0 Å². The Labute approximate surface area is 110 Å². The molecule has 3 nitrogen and oxygen atoms in total. The maximum absolute atomic E-state index is 13.1. The molecule has 6 heteroatoms. The van der Waals surface area contributed by atoms with Gasteiger partial charge in [0.15, 0.2) is 0 Å². The van der Waals surface area contributed by atoms with Gasteiger partial charge in [-0.25, -0.2) is 17.5 Å². The molecule has 0 heterocycles. The summed E-state index contributed by atoms with van der Waals surface area (Å²) in [5, 5.41) is 0.466. The number of hydrogen-bond acceptors (Lipinski definition) is 2. The van der Waals surface area contributed by atoms with Crippen LogP contribution < -0.4 is 4.72 Å². The second-order valence-corrected chi connectivity index (χ2v) is 6.74. The predicted molar refractivity (Wildman–Crippen MR) is 69.3 cm³/mol. The first-order valence-electron chi connectivity index (χ1n) is 5.04. The number of aryl methyl sites for hydroxylation is 1. The molecule has 1 aromatic carbocycles. The van der Waals surface area contributed by atoms with Crippen LogP contribution in [0.4, 0.5) is 4.39 Å². The number of alkyl halides is 1. The Morgan fingerprint density at radius 2 is 2.00 bits per heavy atom. The summed E-state index contributed by atoms with van der Waals surface area (Å²) in [5.74, 6) is -0.562. The highest BCUT2D eigenvalue weighted by Gasteiger charge is 2.26. The monoisotopic (exact) mass is 323 g/mol. The Morgan fingerprint density at radius 3 is 2.53 bits per heavy atom. The third kappa shape index (κ3) is 3.76. The summed E-state index contributed by atoms with van der Waals surface area (Å²) in [6.45, 7) is 5.12. The Bertz CT molecular complexity index is 514. The lowest BCUT2D eigenvalue weighted by Crippen LogP contribution is -2.44. The summed E-state index contributed by atoms with van der Waals surface area (Å²) in [5.41, 5.74) is -0.110. The molecule has 96 valence electrons. The van der Waals surface area contributed by atoms with E-state index in [1.807, 2.05) is 0 Å². The van der Waals surface area contributed by atoms with Crippen LogP contribution in [0.15, 0.2) is 23.1 Å². The lowest BCUT2D eigenvalue weighted by Gasteiger charge is -2.23. The van der Waals surface area contributed by atoms with E-state index >= 15 is 0 Å². The first kappa shape index (κ1) is 14.6. The zero-order valence-corrected chi connectivity index (χ0v) is 12.3. The van der Waals surface area contributed by atoms with Gasteiger partial charge in [-0.15, -0.1) is 0 Å². The van der Waals surface area contributed by atoms with Gasteiger partial charge in [-0.2, -0.15) is 0 Å². The maximum atomic E-state index is 13.1. The zero-order valence-electron chi connectivity index (χ0n) is 9.92. The topological polar surface area (TPSA) is 46.2 Å². The molecule has 0 fully saturated rings. The van der Waals surface area contributed by atoms with E-state index in [1.54, 1.807) is 20.8 Å². The number of nitrogens with one attached hydrogen (secondary N) is 1. The van der Waals surface area contributed by atoms with Crippen LogP contribution in [0.25, 0.3) is 0 Å². The molecular weight excluding hydrogens is 309 g/mol. The van der Waals surface area contributed by atoms with Gasteiger partial charge in [0.1, 0.15) is 5.82 Å². The molecule has 17 heavy (non-hydrogen) atoms. The van der Waals surface area contributed by atoms with Gasteiger partial charge in [0, 0.05) is 10.9 Å². The normalized spacial score (nSPS) is 12.8. The number of hydrogen-bond donors (Lipinski definition) is 1.